The Labute approximate surface area is 112 Å². The molecule has 1 aromatic carbocycles. The van der Waals surface area contributed by atoms with Gasteiger partial charge >= 0.3 is 0 Å². The van der Waals surface area contributed by atoms with Crippen LogP contribution in [0.3, 0.4) is 0 Å². The SMILES string of the molecule is O=S(=O)(/C=C/c1ccccc1)N1CC[C@H](O)[C@@H](O)C1. The Morgan fingerprint density at radius 1 is 1.16 bits per heavy atom. The minimum atomic E-state index is -3.56. The third-order valence-corrected chi connectivity index (χ3v) is 4.63. The standard InChI is InChI=1S/C13H17NO4S/c15-12-6-8-14(10-13(12)16)19(17,18)9-7-11-4-2-1-3-5-11/h1-5,7,9,12-13,15-16H,6,8,10H2/b9-7+/t12-,13-/m0/s1. The van der Waals surface area contributed by atoms with Crippen LogP contribution in [0.2, 0.25) is 0 Å². The third-order valence-electron chi connectivity index (χ3n) is 3.10. The van der Waals surface area contributed by atoms with E-state index >= 15 is 0 Å². The topological polar surface area (TPSA) is 77.8 Å². The zero-order chi connectivity index (χ0) is 13.9. The summed E-state index contributed by atoms with van der Waals surface area (Å²) in [7, 11) is -3.56. The molecule has 2 atom stereocenters. The summed E-state index contributed by atoms with van der Waals surface area (Å²) in [6.07, 6.45) is -0.0926. The van der Waals surface area contributed by atoms with E-state index in [1.54, 1.807) is 12.1 Å². The number of hydrogen-bond acceptors (Lipinski definition) is 4. The summed E-state index contributed by atoms with van der Waals surface area (Å²) in [5.41, 5.74) is 0.795. The van der Waals surface area contributed by atoms with Gasteiger partial charge in [0.25, 0.3) is 0 Å². The molecule has 0 bridgehead atoms. The van der Waals surface area contributed by atoms with Gasteiger partial charge in [0.2, 0.25) is 10.0 Å². The molecule has 5 nitrogen and oxygen atoms in total. The van der Waals surface area contributed by atoms with Crippen LogP contribution in [-0.4, -0.2) is 48.2 Å². The second kappa shape index (κ2) is 5.83. The van der Waals surface area contributed by atoms with E-state index in [2.05, 4.69) is 0 Å². The summed E-state index contributed by atoms with van der Waals surface area (Å²) >= 11 is 0. The second-order valence-electron chi connectivity index (χ2n) is 4.54. The van der Waals surface area contributed by atoms with Gasteiger partial charge in [0, 0.05) is 18.5 Å². The van der Waals surface area contributed by atoms with Gasteiger partial charge in [0.1, 0.15) is 0 Å². The molecule has 0 aromatic heterocycles. The van der Waals surface area contributed by atoms with Crippen molar-refractivity contribution < 1.29 is 18.6 Å². The predicted octanol–water partition coefficient (Wildman–Crippen LogP) is 0.415. The molecule has 104 valence electrons. The van der Waals surface area contributed by atoms with Crippen LogP contribution < -0.4 is 0 Å². The van der Waals surface area contributed by atoms with Gasteiger partial charge in [0.05, 0.1) is 12.2 Å². The average Bonchev–Trinajstić information content (AvgIpc) is 2.41. The van der Waals surface area contributed by atoms with Crippen molar-refractivity contribution in [3.05, 3.63) is 41.3 Å². The number of hydrogen-bond donors (Lipinski definition) is 2. The van der Waals surface area contributed by atoms with Crippen LogP contribution in [0.1, 0.15) is 12.0 Å². The van der Waals surface area contributed by atoms with Gasteiger partial charge in [-0.1, -0.05) is 30.3 Å². The largest absolute Gasteiger partial charge is 0.390 e. The minimum Gasteiger partial charge on any atom is -0.390 e. The lowest BCUT2D eigenvalue weighted by molar-refractivity contribution is -0.0189. The molecule has 0 spiro atoms. The number of sulfonamides is 1. The molecular weight excluding hydrogens is 266 g/mol. The smallest absolute Gasteiger partial charge is 0.236 e. The first-order valence-electron chi connectivity index (χ1n) is 6.08. The van der Waals surface area contributed by atoms with Gasteiger partial charge in [0.15, 0.2) is 0 Å². The predicted molar refractivity (Wildman–Crippen MR) is 72.6 cm³/mol. The highest BCUT2D eigenvalue weighted by molar-refractivity contribution is 7.92. The van der Waals surface area contributed by atoms with Crippen LogP contribution in [0.5, 0.6) is 0 Å². The highest BCUT2D eigenvalue weighted by atomic mass is 32.2. The lowest BCUT2D eigenvalue weighted by Crippen LogP contribution is -2.48. The first-order valence-corrected chi connectivity index (χ1v) is 7.59. The Bertz CT molecular complexity index is 541. The van der Waals surface area contributed by atoms with E-state index < -0.39 is 22.2 Å². The van der Waals surface area contributed by atoms with Crippen LogP contribution >= 0.6 is 0 Å². The number of β-amino-alcohol motifs (C(OH)–C–C–N with tert-alkyl or cyclic N) is 1. The Kier molecular flexibility index (Phi) is 4.36. The highest BCUT2D eigenvalue weighted by Crippen LogP contribution is 2.16. The summed E-state index contributed by atoms with van der Waals surface area (Å²) < 4.78 is 25.3. The molecule has 1 heterocycles. The van der Waals surface area contributed by atoms with E-state index in [4.69, 9.17) is 0 Å². The van der Waals surface area contributed by atoms with E-state index in [1.807, 2.05) is 18.2 Å². The van der Waals surface area contributed by atoms with E-state index in [0.29, 0.717) is 0 Å². The molecule has 0 radical (unpaired) electrons. The first-order chi connectivity index (χ1) is 8.99. The highest BCUT2D eigenvalue weighted by Gasteiger charge is 2.31. The summed E-state index contributed by atoms with van der Waals surface area (Å²) in [6.45, 7) is 0.155. The molecular formula is C13H17NO4S. The number of benzene rings is 1. The van der Waals surface area contributed by atoms with E-state index in [-0.39, 0.29) is 19.5 Å². The van der Waals surface area contributed by atoms with Gasteiger partial charge in [-0.25, -0.2) is 8.42 Å². The molecule has 0 saturated carbocycles. The van der Waals surface area contributed by atoms with E-state index in [1.165, 1.54) is 10.4 Å². The van der Waals surface area contributed by atoms with Crippen molar-refractivity contribution in [1.29, 1.82) is 0 Å². The van der Waals surface area contributed by atoms with Crippen molar-refractivity contribution in [1.82, 2.24) is 4.31 Å². The first kappa shape index (κ1) is 14.2. The number of nitrogens with zero attached hydrogens (tertiary/aromatic N) is 1. The summed E-state index contributed by atoms with van der Waals surface area (Å²) in [5, 5.41) is 20.0. The third kappa shape index (κ3) is 3.63. The second-order valence-corrected chi connectivity index (χ2v) is 6.36. The molecule has 1 aliphatic heterocycles. The molecule has 2 rings (SSSR count). The lowest BCUT2D eigenvalue weighted by Gasteiger charge is -2.31. The average molecular weight is 283 g/mol. The number of piperidine rings is 1. The maximum absolute atomic E-state index is 12.1. The van der Waals surface area contributed by atoms with Crippen LogP contribution in [-0.2, 0) is 10.0 Å². The molecule has 1 aliphatic rings. The summed E-state index contributed by atoms with van der Waals surface area (Å²) in [4.78, 5) is 0. The molecule has 2 N–H and O–H groups in total. The van der Waals surface area contributed by atoms with Gasteiger partial charge in [-0.3, -0.25) is 0 Å². The van der Waals surface area contributed by atoms with Crippen molar-refractivity contribution >= 4 is 16.1 Å². The van der Waals surface area contributed by atoms with Crippen molar-refractivity contribution in [3.8, 4) is 0 Å². The fourth-order valence-electron chi connectivity index (χ4n) is 1.94. The Morgan fingerprint density at radius 3 is 2.47 bits per heavy atom. The van der Waals surface area contributed by atoms with Crippen molar-refractivity contribution in [2.45, 2.75) is 18.6 Å². The fourth-order valence-corrected chi connectivity index (χ4v) is 3.16. The molecule has 1 aromatic rings. The lowest BCUT2D eigenvalue weighted by atomic mass is 10.1. The molecule has 19 heavy (non-hydrogen) atoms. The van der Waals surface area contributed by atoms with Gasteiger partial charge in [-0.05, 0) is 18.1 Å². The van der Waals surface area contributed by atoms with Crippen LogP contribution in [0, 0.1) is 0 Å². The number of aliphatic hydroxyl groups excluding tert-OH is 2. The minimum absolute atomic E-state index is 0.0668. The number of aliphatic hydroxyl groups is 2. The Morgan fingerprint density at radius 2 is 1.84 bits per heavy atom. The van der Waals surface area contributed by atoms with Gasteiger partial charge in [-0.15, -0.1) is 0 Å². The Balaban J connectivity index is 2.09. The van der Waals surface area contributed by atoms with Crippen molar-refractivity contribution in [3.63, 3.8) is 0 Å². The normalized spacial score (nSPS) is 25.8. The molecule has 1 saturated heterocycles. The van der Waals surface area contributed by atoms with Crippen LogP contribution in [0.25, 0.3) is 6.08 Å². The molecule has 0 aliphatic carbocycles. The monoisotopic (exact) mass is 283 g/mol. The molecule has 0 unspecified atom stereocenters. The molecule has 0 amide bonds. The Hall–Kier alpha value is -1.21. The van der Waals surface area contributed by atoms with Crippen molar-refractivity contribution in [2.75, 3.05) is 13.1 Å². The van der Waals surface area contributed by atoms with Crippen LogP contribution in [0.15, 0.2) is 35.7 Å². The number of rotatable bonds is 3. The van der Waals surface area contributed by atoms with Crippen LogP contribution in [0.4, 0.5) is 0 Å². The van der Waals surface area contributed by atoms with Gasteiger partial charge < -0.3 is 10.2 Å². The van der Waals surface area contributed by atoms with Gasteiger partial charge in [-0.2, -0.15) is 4.31 Å². The fraction of sp³-hybridized carbons (Fsp3) is 0.385. The molecule has 6 heteroatoms. The zero-order valence-electron chi connectivity index (χ0n) is 10.4. The zero-order valence-corrected chi connectivity index (χ0v) is 11.2. The quantitative estimate of drug-likeness (QED) is 0.842. The molecule has 1 fully saturated rings. The maximum Gasteiger partial charge on any atom is 0.236 e. The maximum atomic E-state index is 12.1. The summed E-state index contributed by atoms with van der Waals surface area (Å²) in [6, 6.07) is 9.12. The summed E-state index contributed by atoms with van der Waals surface area (Å²) in [5.74, 6) is 0. The van der Waals surface area contributed by atoms with E-state index in [9.17, 15) is 18.6 Å². The van der Waals surface area contributed by atoms with E-state index in [0.717, 1.165) is 11.0 Å². The van der Waals surface area contributed by atoms with Crippen molar-refractivity contribution in [2.24, 2.45) is 0 Å².